The van der Waals surface area contributed by atoms with Crippen LogP contribution in [-0.2, 0) is 16.0 Å². The van der Waals surface area contributed by atoms with Crippen molar-refractivity contribution in [3.8, 4) is 0 Å². The molecular weight excluding hydrogens is 312 g/mol. The Morgan fingerprint density at radius 1 is 1.36 bits per heavy atom. The second-order valence-corrected chi connectivity index (χ2v) is 7.83. The van der Waals surface area contributed by atoms with E-state index in [1.54, 1.807) is 0 Å². The summed E-state index contributed by atoms with van der Waals surface area (Å²) in [5, 5.41) is 1.26. The molecule has 1 aromatic heterocycles. The first kappa shape index (κ1) is 16.6. The van der Waals surface area contributed by atoms with E-state index in [-0.39, 0.29) is 17.3 Å². The molecule has 3 atom stereocenters. The van der Waals surface area contributed by atoms with Crippen LogP contribution in [0.4, 0.5) is 0 Å². The second kappa shape index (κ2) is 6.49. The fraction of sp³-hybridized carbons (Fsp3) is 0.571. The van der Waals surface area contributed by atoms with Gasteiger partial charge in [-0.05, 0) is 55.7 Å². The summed E-state index contributed by atoms with van der Waals surface area (Å²) < 4.78 is 5.23. The van der Waals surface area contributed by atoms with Gasteiger partial charge in [0.1, 0.15) is 0 Å². The number of H-pyrrole nitrogens is 1. The average molecular weight is 340 g/mol. The van der Waals surface area contributed by atoms with Crippen molar-refractivity contribution >= 4 is 16.9 Å². The van der Waals surface area contributed by atoms with Crippen molar-refractivity contribution in [1.29, 1.82) is 0 Å². The number of benzene rings is 1. The molecule has 0 radical (unpaired) electrons. The first-order valence-electron chi connectivity index (χ1n) is 9.55. The van der Waals surface area contributed by atoms with Gasteiger partial charge in [0, 0.05) is 29.7 Å². The maximum Gasteiger partial charge on any atom is 0.314 e. The van der Waals surface area contributed by atoms with E-state index in [4.69, 9.17) is 4.74 Å². The SMILES string of the molecule is CC[C@]12CCCN(CCc3c([nH]c4ccccc34)[C@H](C(=O)OC)C1)C2. The van der Waals surface area contributed by atoms with E-state index < -0.39 is 0 Å². The largest absolute Gasteiger partial charge is 0.469 e. The van der Waals surface area contributed by atoms with Crippen molar-refractivity contribution < 1.29 is 9.53 Å². The van der Waals surface area contributed by atoms with Gasteiger partial charge >= 0.3 is 5.97 Å². The summed E-state index contributed by atoms with van der Waals surface area (Å²) in [6.07, 6.45) is 5.44. The Morgan fingerprint density at radius 2 is 2.20 bits per heavy atom. The molecule has 2 bridgehead atoms. The minimum Gasteiger partial charge on any atom is -0.469 e. The smallest absolute Gasteiger partial charge is 0.314 e. The Labute approximate surface area is 149 Å². The maximum atomic E-state index is 12.7. The predicted molar refractivity (Wildman–Crippen MR) is 99.8 cm³/mol. The number of hydrogen-bond acceptors (Lipinski definition) is 3. The number of nitrogens with zero attached hydrogens (tertiary/aromatic N) is 1. The van der Waals surface area contributed by atoms with Gasteiger partial charge < -0.3 is 14.6 Å². The highest BCUT2D eigenvalue weighted by molar-refractivity contribution is 5.88. The summed E-state index contributed by atoms with van der Waals surface area (Å²) in [7, 11) is 1.52. The molecule has 1 aromatic carbocycles. The Morgan fingerprint density at radius 3 is 3.00 bits per heavy atom. The fourth-order valence-corrected chi connectivity index (χ4v) is 5.04. The van der Waals surface area contributed by atoms with Crippen molar-refractivity contribution in [2.24, 2.45) is 5.41 Å². The van der Waals surface area contributed by atoms with Crippen LogP contribution in [0.3, 0.4) is 0 Å². The monoisotopic (exact) mass is 340 g/mol. The van der Waals surface area contributed by atoms with E-state index >= 15 is 0 Å². The Hall–Kier alpha value is -1.81. The molecule has 2 aliphatic heterocycles. The van der Waals surface area contributed by atoms with Gasteiger partial charge in [-0.2, -0.15) is 0 Å². The van der Waals surface area contributed by atoms with Gasteiger partial charge in [-0.1, -0.05) is 25.1 Å². The van der Waals surface area contributed by atoms with Crippen LogP contribution in [0.25, 0.3) is 10.9 Å². The van der Waals surface area contributed by atoms with Gasteiger partial charge in [0.25, 0.3) is 0 Å². The zero-order chi connectivity index (χ0) is 17.4. The van der Waals surface area contributed by atoms with Crippen LogP contribution in [0.1, 0.15) is 49.8 Å². The van der Waals surface area contributed by atoms with Crippen LogP contribution in [0, 0.1) is 5.41 Å². The molecule has 4 nitrogen and oxygen atoms in total. The van der Waals surface area contributed by atoms with Crippen LogP contribution < -0.4 is 0 Å². The van der Waals surface area contributed by atoms with E-state index in [1.807, 2.05) is 0 Å². The standard InChI is InChI=1S/C21H28N2O2/c1-3-21-10-6-11-23(14-21)12-9-16-15-7-4-5-8-18(15)22-19(16)17(13-21)20(24)25-2/h4-5,7-8,17,22H,3,6,9-14H2,1-2H3/t17-,21+/m1/s1. The number of nitrogens with one attached hydrogen (secondary N) is 1. The van der Waals surface area contributed by atoms with Gasteiger partial charge in [0.2, 0.25) is 0 Å². The van der Waals surface area contributed by atoms with Gasteiger partial charge in [-0.3, -0.25) is 4.79 Å². The summed E-state index contributed by atoms with van der Waals surface area (Å²) in [4.78, 5) is 18.9. The summed E-state index contributed by atoms with van der Waals surface area (Å²) in [6.45, 7) is 5.65. The molecule has 0 spiro atoms. The van der Waals surface area contributed by atoms with Crippen LogP contribution in [-0.4, -0.2) is 42.6 Å². The number of fused-ring (bicyclic) bond motifs is 5. The highest BCUT2D eigenvalue weighted by atomic mass is 16.5. The normalized spacial score (nSPS) is 29.4. The Kier molecular flexibility index (Phi) is 4.32. The van der Waals surface area contributed by atoms with Gasteiger partial charge in [0.15, 0.2) is 0 Å². The fourth-order valence-electron chi connectivity index (χ4n) is 5.04. The number of piperidine rings is 1. The van der Waals surface area contributed by atoms with Crippen molar-refractivity contribution in [2.75, 3.05) is 26.7 Å². The predicted octanol–water partition coefficient (Wildman–Crippen LogP) is 3.86. The molecular formula is C21H28N2O2. The highest BCUT2D eigenvalue weighted by Crippen LogP contribution is 2.44. The number of ether oxygens (including phenoxy) is 1. The lowest BCUT2D eigenvalue weighted by atomic mass is 9.71. The number of para-hydroxylation sites is 1. The van der Waals surface area contributed by atoms with Gasteiger partial charge in [0.05, 0.1) is 13.0 Å². The minimum atomic E-state index is -0.189. The molecule has 1 fully saturated rings. The molecule has 2 aliphatic rings. The van der Waals surface area contributed by atoms with Crippen molar-refractivity contribution in [3.05, 3.63) is 35.5 Å². The van der Waals surface area contributed by atoms with Gasteiger partial charge in [-0.15, -0.1) is 0 Å². The quantitative estimate of drug-likeness (QED) is 0.844. The summed E-state index contributed by atoms with van der Waals surface area (Å²) in [6, 6.07) is 8.42. The van der Waals surface area contributed by atoms with E-state index in [0.717, 1.165) is 43.6 Å². The molecule has 2 aromatic rings. The van der Waals surface area contributed by atoms with Crippen LogP contribution in [0.5, 0.6) is 0 Å². The molecule has 0 aliphatic carbocycles. The van der Waals surface area contributed by atoms with Gasteiger partial charge in [-0.25, -0.2) is 0 Å². The van der Waals surface area contributed by atoms with Crippen LogP contribution in [0.2, 0.25) is 0 Å². The first-order chi connectivity index (χ1) is 12.2. The lowest BCUT2D eigenvalue weighted by Crippen LogP contribution is -2.44. The lowest BCUT2D eigenvalue weighted by Gasteiger charge is -2.43. The number of methoxy groups -OCH3 is 1. The highest BCUT2D eigenvalue weighted by Gasteiger charge is 2.41. The molecule has 1 unspecified atom stereocenters. The topological polar surface area (TPSA) is 45.3 Å². The van der Waals surface area contributed by atoms with E-state index in [0.29, 0.717) is 0 Å². The van der Waals surface area contributed by atoms with Crippen molar-refractivity contribution in [1.82, 2.24) is 9.88 Å². The summed E-state index contributed by atoms with van der Waals surface area (Å²) in [5.41, 5.74) is 3.75. The Bertz CT molecular complexity index is 781. The molecule has 134 valence electrons. The molecule has 4 heteroatoms. The lowest BCUT2D eigenvalue weighted by molar-refractivity contribution is -0.143. The number of aromatic amines is 1. The van der Waals surface area contributed by atoms with Crippen molar-refractivity contribution in [2.45, 2.75) is 44.9 Å². The first-order valence-corrected chi connectivity index (χ1v) is 9.55. The van der Waals surface area contributed by atoms with Crippen molar-refractivity contribution in [3.63, 3.8) is 0 Å². The molecule has 1 saturated heterocycles. The third kappa shape index (κ3) is 2.86. The number of rotatable bonds is 2. The molecule has 0 amide bonds. The molecule has 4 rings (SSSR count). The molecule has 3 heterocycles. The maximum absolute atomic E-state index is 12.7. The second-order valence-electron chi connectivity index (χ2n) is 7.83. The summed E-state index contributed by atoms with van der Waals surface area (Å²) in [5.74, 6) is -0.287. The van der Waals surface area contributed by atoms with E-state index in [2.05, 4.69) is 41.1 Å². The number of aromatic nitrogens is 1. The van der Waals surface area contributed by atoms with Crippen LogP contribution >= 0.6 is 0 Å². The average Bonchev–Trinajstić information content (AvgIpc) is 3.03. The molecule has 0 saturated carbocycles. The molecule has 1 N–H and O–H groups in total. The number of carbonyl (C=O) groups excluding carboxylic acids is 1. The van der Waals surface area contributed by atoms with E-state index in [9.17, 15) is 4.79 Å². The zero-order valence-corrected chi connectivity index (χ0v) is 15.3. The number of esters is 1. The molecule has 25 heavy (non-hydrogen) atoms. The Balaban J connectivity index is 1.86. The van der Waals surface area contributed by atoms with Crippen LogP contribution in [0.15, 0.2) is 24.3 Å². The summed E-state index contributed by atoms with van der Waals surface area (Å²) >= 11 is 0. The van der Waals surface area contributed by atoms with E-state index in [1.165, 1.54) is 37.4 Å². The number of hydrogen-bond donors (Lipinski definition) is 1. The number of carbonyl (C=O) groups is 1. The zero-order valence-electron chi connectivity index (χ0n) is 15.3. The minimum absolute atomic E-state index is 0.0975. The third-order valence-corrected chi connectivity index (χ3v) is 6.49. The third-order valence-electron chi connectivity index (χ3n) is 6.49.